The van der Waals surface area contributed by atoms with Gasteiger partial charge in [-0.25, -0.2) is 0 Å². The Morgan fingerprint density at radius 1 is 0.537 bits per heavy atom. The molecule has 7 rings (SSSR count). The van der Waals surface area contributed by atoms with E-state index in [-0.39, 0.29) is 32.7 Å². The molecule has 67 heavy (non-hydrogen) atoms. The van der Waals surface area contributed by atoms with Crippen molar-refractivity contribution in [3.05, 3.63) is 228 Å². The van der Waals surface area contributed by atoms with Gasteiger partial charge in [-0.1, -0.05) is 188 Å². The summed E-state index contributed by atoms with van der Waals surface area (Å²) in [5, 5.41) is 0. The van der Waals surface area contributed by atoms with Crippen molar-refractivity contribution in [3.8, 4) is 0 Å². The Bertz CT molecular complexity index is 2270. The van der Waals surface area contributed by atoms with Gasteiger partial charge in [-0.2, -0.15) is 0 Å². The molecule has 8 atom stereocenters. The lowest BCUT2D eigenvalue weighted by Gasteiger charge is -2.45. The fourth-order valence-electron chi connectivity index (χ4n) is 7.96. The zero-order valence-corrected chi connectivity index (χ0v) is 38.2. The largest absolute Gasteiger partial charge is 0.457 e. The number of esters is 1. The van der Waals surface area contributed by atoms with E-state index in [1.54, 1.807) is 13.2 Å². The predicted molar refractivity (Wildman–Crippen MR) is 256 cm³/mol. The van der Waals surface area contributed by atoms with E-state index in [1.165, 1.54) is 0 Å². The summed E-state index contributed by atoms with van der Waals surface area (Å²) in [5.41, 5.74) is 5.87. The van der Waals surface area contributed by atoms with Gasteiger partial charge in [0.15, 0.2) is 12.4 Å². The Labute approximate surface area is 395 Å². The standard InChI is InChI=1S/C57H62O10/c1-3-49(61-37-44-24-12-5-13-25-44)53(62-38-45-26-14-6-15-27-45)51(42-60-36-43-22-10-4-11-23-43)66-52(58)35-34-50-54(63-39-46-28-16-7-17-29-46)55(64-40-47-30-18-8-19-31-47)56(57(59-2)67-50)65-41-48-32-20-9-21-33-48/h3-33,49-51,53-57H,1,34-42H2,2H3/t49-,50-,51-,53-,54-,55+,56-,57+/m1/s1. The molecule has 10 nitrogen and oxygen atoms in total. The minimum absolute atomic E-state index is 0.0303. The number of hydrogen-bond donors (Lipinski definition) is 0. The van der Waals surface area contributed by atoms with Crippen molar-refractivity contribution in [1.82, 2.24) is 0 Å². The molecule has 1 heterocycles. The van der Waals surface area contributed by atoms with Gasteiger partial charge in [0.25, 0.3) is 0 Å². The fourth-order valence-corrected chi connectivity index (χ4v) is 7.96. The molecule has 350 valence electrons. The van der Waals surface area contributed by atoms with Crippen LogP contribution in [0.25, 0.3) is 0 Å². The summed E-state index contributed by atoms with van der Waals surface area (Å²) in [5.74, 6) is -0.476. The number of rotatable bonds is 27. The number of ether oxygens (including phenoxy) is 9. The molecule has 0 saturated carbocycles. The van der Waals surface area contributed by atoms with Crippen LogP contribution in [0.3, 0.4) is 0 Å². The molecule has 0 radical (unpaired) electrons. The van der Waals surface area contributed by atoms with E-state index in [2.05, 4.69) is 6.58 Å². The lowest BCUT2D eigenvalue weighted by molar-refractivity contribution is -0.318. The zero-order valence-electron chi connectivity index (χ0n) is 38.2. The topological polar surface area (TPSA) is 100 Å². The first-order valence-electron chi connectivity index (χ1n) is 23.0. The molecule has 1 saturated heterocycles. The highest BCUT2D eigenvalue weighted by molar-refractivity contribution is 5.69. The first-order chi connectivity index (χ1) is 33.1. The maximum atomic E-state index is 14.4. The molecule has 0 aliphatic carbocycles. The zero-order chi connectivity index (χ0) is 46.3. The summed E-state index contributed by atoms with van der Waals surface area (Å²) in [6.45, 7) is 5.85. The van der Waals surface area contributed by atoms with E-state index in [0.717, 1.165) is 33.4 Å². The fraction of sp³-hybridized carbons (Fsp3) is 0.316. The summed E-state index contributed by atoms with van der Waals surface area (Å²) in [6.07, 6.45) is -3.98. The average Bonchev–Trinajstić information content (AvgIpc) is 3.38. The minimum atomic E-state index is -0.888. The number of carbonyl (C=O) groups is 1. The van der Waals surface area contributed by atoms with Gasteiger partial charge in [0, 0.05) is 13.5 Å². The lowest BCUT2D eigenvalue weighted by Crippen LogP contribution is -2.60. The quantitative estimate of drug-likeness (QED) is 0.0367. The van der Waals surface area contributed by atoms with Crippen LogP contribution in [0, 0.1) is 0 Å². The summed E-state index contributed by atoms with van der Waals surface area (Å²) in [6, 6.07) is 59.4. The highest BCUT2D eigenvalue weighted by atomic mass is 16.7. The van der Waals surface area contributed by atoms with Gasteiger partial charge >= 0.3 is 5.97 Å². The second-order valence-electron chi connectivity index (χ2n) is 16.4. The van der Waals surface area contributed by atoms with Gasteiger partial charge in [-0.3, -0.25) is 4.79 Å². The van der Waals surface area contributed by atoms with Crippen molar-refractivity contribution in [3.63, 3.8) is 0 Å². The van der Waals surface area contributed by atoms with Crippen LogP contribution in [0.15, 0.2) is 195 Å². The van der Waals surface area contributed by atoms with Crippen LogP contribution in [-0.2, 0) is 87.1 Å². The van der Waals surface area contributed by atoms with Gasteiger partial charge < -0.3 is 42.6 Å². The van der Waals surface area contributed by atoms with E-state index in [4.69, 9.17) is 42.6 Å². The van der Waals surface area contributed by atoms with Crippen molar-refractivity contribution in [2.45, 2.75) is 102 Å². The summed E-state index contributed by atoms with van der Waals surface area (Å²) >= 11 is 0. The average molecular weight is 907 g/mol. The van der Waals surface area contributed by atoms with Crippen molar-refractivity contribution in [1.29, 1.82) is 0 Å². The van der Waals surface area contributed by atoms with Crippen LogP contribution in [0.4, 0.5) is 0 Å². The first kappa shape index (κ1) is 49.1. The van der Waals surface area contributed by atoms with E-state index in [9.17, 15) is 4.79 Å². The van der Waals surface area contributed by atoms with Gasteiger partial charge in [0.05, 0.1) is 52.4 Å². The Morgan fingerprint density at radius 2 is 0.940 bits per heavy atom. The molecule has 1 aliphatic heterocycles. The molecule has 6 aromatic rings. The second kappa shape index (κ2) is 27.1. The molecule has 1 aliphatic rings. The summed E-state index contributed by atoms with van der Waals surface area (Å²) in [4.78, 5) is 14.4. The van der Waals surface area contributed by atoms with E-state index in [0.29, 0.717) is 26.4 Å². The maximum absolute atomic E-state index is 14.4. The third-order valence-electron chi connectivity index (χ3n) is 11.5. The van der Waals surface area contributed by atoms with Gasteiger partial charge in [0.1, 0.15) is 30.5 Å². The van der Waals surface area contributed by atoms with E-state index in [1.807, 2.05) is 182 Å². The first-order valence-corrected chi connectivity index (χ1v) is 23.0. The monoisotopic (exact) mass is 906 g/mol. The Balaban J connectivity index is 1.13. The van der Waals surface area contributed by atoms with E-state index < -0.39 is 55.0 Å². The SMILES string of the molecule is C=C[C@@H](OCc1ccccc1)[C@@H](OCc1ccccc1)[C@@H](COCc1ccccc1)OC(=O)CC[C@H]1O[C@H](OC)[C@H](OCc2ccccc2)[C@@H](OCc2ccccc2)[C@@H]1OCc1ccccc1. The third-order valence-corrected chi connectivity index (χ3v) is 11.5. The van der Waals surface area contributed by atoms with Crippen LogP contribution >= 0.6 is 0 Å². The highest BCUT2D eigenvalue weighted by Gasteiger charge is 2.49. The van der Waals surface area contributed by atoms with Crippen LogP contribution in [0.1, 0.15) is 46.2 Å². The molecule has 6 aromatic carbocycles. The highest BCUT2D eigenvalue weighted by Crippen LogP contribution is 2.33. The number of hydrogen-bond acceptors (Lipinski definition) is 10. The Kier molecular flexibility index (Phi) is 19.9. The van der Waals surface area contributed by atoms with Crippen LogP contribution in [-0.4, -0.2) is 68.7 Å². The van der Waals surface area contributed by atoms with Gasteiger partial charge in [-0.05, 0) is 39.8 Å². The van der Waals surface area contributed by atoms with Crippen molar-refractivity contribution in [2.75, 3.05) is 13.7 Å². The van der Waals surface area contributed by atoms with Crippen molar-refractivity contribution >= 4 is 5.97 Å². The Morgan fingerprint density at radius 3 is 1.39 bits per heavy atom. The Hall–Kier alpha value is -5.79. The lowest BCUT2D eigenvalue weighted by atomic mass is 9.94. The third kappa shape index (κ3) is 15.6. The maximum Gasteiger partial charge on any atom is 0.306 e. The number of methoxy groups -OCH3 is 1. The van der Waals surface area contributed by atoms with E-state index >= 15 is 0 Å². The summed E-state index contributed by atoms with van der Waals surface area (Å²) in [7, 11) is 1.58. The molecular formula is C57H62O10. The predicted octanol–water partition coefficient (Wildman–Crippen LogP) is 10.4. The molecular weight excluding hydrogens is 845 g/mol. The molecule has 0 bridgehead atoms. The van der Waals surface area contributed by atoms with Crippen LogP contribution in [0.5, 0.6) is 0 Å². The summed E-state index contributed by atoms with van der Waals surface area (Å²) < 4.78 is 58.7. The van der Waals surface area contributed by atoms with Crippen molar-refractivity contribution in [2.24, 2.45) is 0 Å². The van der Waals surface area contributed by atoms with Crippen LogP contribution < -0.4 is 0 Å². The molecule has 1 fully saturated rings. The molecule has 0 amide bonds. The molecule has 10 heteroatoms. The van der Waals surface area contributed by atoms with Gasteiger partial charge in [0.2, 0.25) is 0 Å². The normalized spacial score (nSPS) is 19.5. The van der Waals surface area contributed by atoms with Crippen molar-refractivity contribution < 1.29 is 47.4 Å². The number of benzene rings is 6. The van der Waals surface area contributed by atoms with Gasteiger partial charge in [-0.15, -0.1) is 6.58 Å². The molecule has 0 spiro atoms. The minimum Gasteiger partial charge on any atom is -0.457 e. The molecule has 0 aromatic heterocycles. The molecule has 0 N–H and O–H groups in total. The smallest absolute Gasteiger partial charge is 0.306 e. The molecule has 0 unspecified atom stereocenters. The second-order valence-corrected chi connectivity index (χ2v) is 16.4. The number of carbonyl (C=O) groups excluding carboxylic acids is 1. The van der Waals surface area contributed by atoms with Crippen LogP contribution in [0.2, 0.25) is 0 Å².